The van der Waals surface area contributed by atoms with E-state index in [-0.39, 0.29) is 0 Å². The summed E-state index contributed by atoms with van der Waals surface area (Å²) in [5, 5.41) is 3.97. The lowest BCUT2D eigenvalue weighted by Crippen LogP contribution is -1.96. The van der Waals surface area contributed by atoms with Gasteiger partial charge in [0.25, 0.3) is 0 Å². The molecule has 0 saturated heterocycles. The molecule has 1 N–H and O–H groups in total. The van der Waals surface area contributed by atoms with E-state index in [0.717, 1.165) is 17.1 Å². The highest BCUT2D eigenvalue weighted by Gasteiger charge is 2.02. The molecule has 16 heavy (non-hydrogen) atoms. The summed E-state index contributed by atoms with van der Waals surface area (Å²) in [5.74, 6) is 0. The normalized spacial score (nSPS) is 10.1. The fourth-order valence-corrected chi connectivity index (χ4v) is 1.96. The van der Waals surface area contributed by atoms with Crippen LogP contribution in [-0.2, 0) is 6.42 Å². The van der Waals surface area contributed by atoms with Crippen molar-refractivity contribution < 1.29 is 0 Å². The van der Waals surface area contributed by atoms with E-state index in [1.165, 1.54) is 11.1 Å². The van der Waals surface area contributed by atoms with Crippen LogP contribution in [0.2, 0.25) is 5.02 Å². The predicted molar refractivity (Wildman–Crippen MR) is 70.2 cm³/mol. The van der Waals surface area contributed by atoms with Gasteiger partial charge >= 0.3 is 0 Å². The van der Waals surface area contributed by atoms with E-state index in [9.17, 15) is 0 Å². The van der Waals surface area contributed by atoms with E-state index in [4.69, 9.17) is 11.6 Å². The summed E-state index contributed by atoms with van der Waals surface area (Å²) < 4.78 is 0. The second kappa shape index (κ2) is 5.04. The first-order chi connectivity index (χ1) is 7.79. The quantitative estimate of drug-likeness (QED) is 0.843. The molecule has 2 aromatic carbocycles. The van der Waals surface area contributed by atoms with Crippen LogP contribution in [0.4, 0.5) is 5.69 Å². The van der Waals surface area contributed by atoms with Gasteiger partial charge in [-0.1, -0.05) is 41.9 Å². The van der Waals surface area contributed by atoms with Gasteiger partial charge in [-0.25, -0.2) is 0 Å². The van der Waals surface area contributed by atoms with E-state index in [1.807, 2.05) is 31.3 Å². The lowest BCUT2D eigenvalue weighted by Gasteiger charge is -2.09. The van der Waals surface area contributed by atoms with Gasteiger partial charge in [0.15, 0.2) is 0 Å². The molecule has 1 nitrogen and oxygen atoms in total. The van der Waals surface area contributed by atoms with Crippen LogP contribution in [0.15, 0.2) is 48.5 Å². The molecule has 0 aliphatic carbocycles. The Morgan fingerprint density at radius 1 is 1.06 bits per heavy atom. The molecule has 0 heterocycles. The highest BCUT2D eigenvalue weighted by molar-refractivity contribution is 6.30. The van der Waals surface area contributed by atoms with E-state index in [0.29, 0.717) is 0 Å². The maximum Gasteiger partial charge on any atom is 0.0410 e. The molecule has 0 amide bonds. The summed E-state index contributed by atoms with van der Waals surface area (Å²) >= 11 is 6.01. The zero-order valence-corrected chi connectivity index (χ0v) is 9.96. The lowest BCUT2D eigenvalue weighted by atomic mass is 10.0. The summed E-state index contributed by atoms with van der Waals surface area (Å²) in [4.78, 5) is 0. The van der Waals surface area contributed by atoms with Crippen molar-refractivity contribution in [2.24, 2.45) is 0 Å². The van der Waals surface area contributed by atoms with Crippen molar-refractivity contribution in [2.45, 2.75) is 6.42 Å². The van der Waals surface area contributed by atoms with Gasteiger partial charge in [0.05, 0.1) is 0 Å². The van der Waals surface area contributed by atoms with Crippen LogP contribution in [0, 0.1) is 0 Å². The van der Waals surface area contributed by atoms with E-state index >= 15 is 0 Å². The zero-order chi connectivity index (χ0) is 11.4. The van der Waals surface area contributed by atoms with Gasteiger partial charge in [0, 0.05) is 17.8 Å². The molecule has 0 atom stereocenters. The zero-order valence-electron chi connectivity index (χ0n) is 9.20. The minimum absolute atomic E-state index is 0.782. The Balaban J connectivity index is 2.30. The molecule has 2 aromatic rings. The molecule has 0 aromatic heterocycles. The van der Waals surface area contributed by atoms with E-state index in [2.05, 4.69) is 29.6 Å². The summed E-state index contributed by atoms with van der Waals surface area (Å²) in [5.41, 5.74) is 3.65. The molecule has 2 heteroatoms. The molecule has 0 unspecified atom stereocenters. The van der Waals surface area contributed by atoms with Gasteiger partial charge in [-0.2, -0.15) is 0 Å². The van der Waals surface area contributed by atoms with Gasteiger partial charge in [-0.15, -0.1) is 0 Å². The molecule has 0 radical (unpaired) electrons. The number of hydrogen-bond donors (Lipinski definition) is 1. The van der Waals surface area contributed by atoms with Crippen molar-refractivity contribution in [2.75, 3.05) is 12.4 Å². The fraction of sp³-hybridized carbons (Fsp3) is 0.143. The highest BCUT2D eigenvalue weighted by atomic mass is 35.5. The van der Waals surface area contributed by atoms with Crippen LogP contribution in [0.25, 0.3) is 0 Å². The standard InChI is InChI=1S/C14H14ClN/c1-16-14-8-7-13(15)10-12(14)9-11-5-3-2-4-6-11/h2-8,10,16H,9H2,1H3. The second-order valence-corrected chi connectivity index (χ2v) is 4.15. The number of hydrogen-bond acceptors (Lipinski definition) is 1. The molecule has 0 fully saturated rings. The molecule has 82 valence electrons. The lowest BCUT2D eigenvalue weighted by molar-refractivity contribution is 1.19. The second-order valence-electron chi connectivity index (χ2n) is 3.71. The molecule has 0 saturated carbocycles. The van der Waals surface area contributed by atoms with Gasteiger partial charge in [0.1, 0.15) is 0 Å². The maximum atomic E-state index is 6.01. The van der Waals surface area contributed by atoms with E-state index in [1.54, 1.807) is 0 Å². The molecule has 0 aliphatic heterocycles. The van der Waals surface area contributed by atoms with Crippen molar-refractivity contribution >= 4 is 17.3 Å². The average molecular weight is 232 g/mol. The van der Waals surface area contributed by atoms with Gasteiger partial charge in [-0.3, -0.25) is 0 Å². The molecular formula is C14H14ClN. The minimum atomic E-state index is 0.782. The number of nitrogens with one attached hydrogen (secondary N) is 1. The van der Waals surface area contributed by atoms with Crippen molar-refractivity contribution in [1.29, 1.82) is 0 Å². The Bertz CT molecular complexity index is 465. The van der Waals surface area contributed by atoms with E-state index < -0.39 is 0 Å². The van der Waals surface area contributed by atoms with Crippen LogP contribution >= 0.6 is 11.6 Å². The number of rotatable bonds is 3. The Morgan fingerprint density at radius 2 is 1.81 bits per heavy atom. The Labute approximate surface area is 101 Å². The number of benzene rings is 2. The third-order valence-electron chi connectivity index (χ3n) is 2.57. The third-order valence-corrected chi connectivity index (χ3v) is 2.81. The van der Waals surface area contributed by atoms with Crippen LogP contribution < -0.4 is 5.32 Å². The van der Waals surface area contributed by atoms with Crippen molar-refractivity contribution in [3.63, 3.8) is 0 Å². The maximum absolute atomic E-state index is 6.01. The predicted octanol–water partition coefficient (Wildman–Crippen LogP) is 3.97. The van der Waals surface area contributed by atoms with Crippen molar-refractivity contribution in [3.05, 3.63) is 64.7 Å². The largest absolute Gasteiger partial charge is 0.388 e. The first-order valence-corrected chi connectivity index (χ1v) is 5.67. The highest BCUT2D eigenvalue weighted by Crippen LogP contribution is 2.22. The number of halogens is 1. The first kappa shape index (κ1) is 11.0. The molecule has 0 bridgehead atoms. The minimum Gasteiger partial charge on any atom is -0.388 e. The smallest absolute Gasteiger partial charge is 0.0410 e. The summed E-state index contributed by atoms with van der Waals surface area (Å²) in [7, 11) is 1.93. The van der Waals surface area contributed by atoms with Crippen LogP contribution in [0.3, 0.4) is 0 Å². The first-order valence-electron chi connectivity index (χ1n) is 5.29. The summed E-state index contributed by atoms with van der Waals surface area (Å²) in [6.45, 7) is 0. The fourth-order valence-electron chi connectivity index (χ4n) is 1.77. The topological polar surface area (TPSA) is 12.0 Å². The molecule has 0 aliphatic rings. The Morgan fingerprint density at radius 3 is 2.50 bits per heavy atom. The Hall–Kier alpha value is -1.47. The summed E-state index contributed by atoms with van der Waals surface area (Å²) in [6, 6.07) is 16.3. The van der Waals surface area contributed by atoms with Crippen LogP contribution in [0.1, 0.15) is 11.1 Å². The average Bonchev–Trinajstić information content (AvgIpc) is 2.31. The molecular weight excluding hydrogens is 218 g/mol. The molecule has 0 spiro atoms. The summed E-state index contributed by atoms with van der Waals surface area (Å²) in [6.07, 6.45) is 0.900. The van der Waals surface area contributed by atoms with Crippen molar-refractivity contribution in [3.8, 4) is 0 Å². The monoisotopic (exact) mass is 231 g/mol. The third kappa shape index (κ3) is 2.56. The number of anilines is 1. The Kier molecular flexibility index (Phi) is 3.47. The van der Waals surface area contributed by atoms with Crippen LogP contribution in [0.5, 0.6) is 0 Å². The SMILES string of the molecule is CNc1ccc(Cl)cc1Cc1ccccc1. The van der Waals surface area contributed by atoms with Gasteiger partial charge < -0.3 is 5.32 Å². The van der Waals surface area contributed by atoms with Crippen LogP contribution in [-0.4, -0.2) is 7.05 Å². The van der Waals surface area contributed by atoms with Crippen molar-refractivity contribution in [1.82, 2.24) is 0 Å². The van der Waals surface area contributed by atoms with Gasteiger partial charge in [-0.05, 0) is 35.7 Å². The molecule has 2 rings (SSSR count). The van der Waals surface area contributed by atoms with Gasteiger partial charge in [0.2, 0.25) is 0 Å².